The molecule has 0 atom stereocenters. The average molecular weight is 102 g/mol. The molecular weight excluding hydrogens is 92.1 g/mol. The Kier molecular flexibility index (Phi) is 0.870. The summed E-state index contributed by atoms with van der Waals surface area (Å²) in [6.07, 6.45) is 3.93. The average Bonchev–Trinajstić information content (AvgIpc) is 2.22. The maximum atomic E-state index is 4.37. The minimum atomic E-state index is 0.486. The summed E-state index contributed by atoms with van der Waals surface area (Å²) < 4.78 is 0.486. The van der Waals surface area contributed by atoms with E-state index in [1.165, 1.54) is 19.3 Å². The van der Waals surface area contributed by atoms with Gasteiger partial charge in [0.1, 0.15) is 0 Å². The van der Waals surface area contributed by atoms with Crippen molar-refractivity contribution in [2.24, 2.45) is 0 Å². The Hall–Kier alpha value is 0.350. The van der Waals surface area contributed by atoms with Crippen LogP contribution in [0.4, 0.5) is 0 Å². The van der Waals surface area contributed by atoms with E-state index in [2.05, 4.69) is 19.6 Å². The maximum absolute atomic E-state index is 4.37. The summed E-state index contributed by atoms with van der Waals surface area (Å²) in [7, 11) is 0. The van der Waals surface area contributed by atoms with Crippen molar-refractivity contribution >= 4 is 12.6 Å². The van der Waals surface area contributed by atoms with Gasteiger partial charge in [0.05, 0.1) is 0 Å². The Morgan fingerprint density at radius 1 is 1.67 bits per heavy atom. The monoisotopic (exact) mass is 102 g/mol. The summed E-state index contributed by atoms with van der Waals surface area (Å²) in [6, 6.07) is 0. The number of hydrogen-bond acceptors (Lipinski definition) is 1. The van der Waals surface area contributed by atoms with Crippen molar-refractivity contribution < 1.29 is 0 Å². The van der Waals surface area contributed by atoms with Crippen LogP contribution >= 0.6 is 12.6 Å². The van der Waals surface area contributed by atoms with Crippen molar-refractivity contribution in [3.63, 3.8) is 0 Å². The van der Waals surface area contributed by atoms with E-state index in [1.54, 1.807) is 0 Å². The van der Waals surface area contributed by atoms with Gasteiger partial charge in [-0.3, -0.25) is 0 Å². The third-order valence-electron chi connectivity index (χ3n) is 1.49. The second-order valence-corrected chi connectivity index (χ2v) is 3.03. The van der Waals surface area contributed by atoms with Crippen molar-refractivity contribution in [1.29, 1.82) is 0 Å². The normalized spacial score (nSPS) is 27.0. The zero-order valence-corrected chi connectivity index (χ0v) is 4.96. The molecule has 1 saturated carbocycles. The highest BCUT2D eigenvalue weighted by atomic mass is 32.1. The second-order valence-electron chi connectivity index (χ2n) is 2.08. The van der Waals surface area contributed by atoms with E-state index in [1.807, 2.05) is 0 Å². The molecule has 0 aliphatic heterocycles. The smallest absolute Gasteiger partial charge is 0.0128 e. The largest absolute Gasteiger partial charge is 0.173 e. The topological polar surface area (TPSA) is 0 Å². The lowest BCUT2D eigenvalue weighted by Crippen LogP contribution is -1.90. The Morgan fingerprint density at radius 3 is 2.17 bits per heavy atom. The first kappa shape index (κ1) is 4.51. The molecule has 0 aromatic rings. The molecule has 0 unspecified atom stereocenters. The van der Waals surface area contributed by atoms with Crippen LogP contribution in [0, 0.1) is 0 Å². The Labute approximate surface area is 44.3 Å². The molecule has 1 heteroatoms. The van der Waals surface area contributed by atoms with Crippen LogP contribution in [0.2, 0.25) is 0 Å². The standard InChI is InChI=1S/C5H10S/c1-2-5(6)3-4-5/h6H,2-4H2,1H3. The first-order valence-electron chi connectivity index (χ1n) is 2.49. The maximum Gasteiger partial charge on any atom is 0.0128 e. The molecular formula is C5H10S. The quantitative estimate of drug-likeness (QED) is 0.480. The molecule has 0 aromatic carbocycles. The van der Waals surface area contributed by atoms with Gasteiger partial charge in [0.25, 0.3) is 0 Å². The SMILES string of the molecule is CCC1(S)CC1. The molecule has 0 aromatic heterocycles. The van der Waals surface area contributed by atoms with Crippen molar-refractivity contribution in [1.82, 2.24) is 0 Å². The zero-order chi connectivity index (χ0) is 4.62. The van der Waals surface area contributed by atoms with Crippen molar-refractivity contribution in [2.45, 2.75) is 30.9 Å². The van der Waals surface area contributed by atoms with Crippen LogP contribution in [0.5, 0.6) is 0 Å². The molecule has 0 N–H and O–H groups in total. The highest BCUT2D eigenvalue weighted by Crippen LogP contribution is 2.44. The van der Waals surface area contributed by atoms with Gasteiger partial charge in [0.2, 0.25) is 0 Å². The van der Waals surface area contributed by atoms with Crippen LogP contribution in [-0.4, -0.2) is 4.75 Å². The molecule has 6 heavy (non-hydrogen) atoms. The van der Waals surface area contributed by atoms with Gasteiger partial charge in [-0.25, -0.2) is 0 Å². The van der Waals surface area contributed by atoms with Crippen LogP contribution in [-0.2, 0) is 0 Å². The van der Waals surface area contributed by atoms with Gasteiger partial charge >= 0.3 is 0 Å². The number of thiol groups is 1. The summed E-state index contributed by atoms with van der Waals surface area (Å²) in [4.78, 5) is 0. The highest BCUT2D eigenvalue weighted by Gasteiger charge is 2.35. The van der Waals surface area contributed by atoms with Gasteiger partial charge in [0.15, 0.2) is 0 Å². The summed E-state index contributed by atoms with van der Waals surface area (Å²) in [5, 5.41) is 0. The van der Waals surface area contributed by atoms with Crippen LogP contribution in [0.25, 0.3) is 0 Å². The Morgan fingerprint density at radius 2 is 2.17 bits per heavy atom. The van der Waals surface area contributed by atoms with Crippen molar-refractivity contribution in [3.05, 3.63) is 0 Å². The van der Waals surface area contributed by atoms with E-state index in [9.17, 15) is 0 Å². The Balaban J connectivity index is 2.28. The third-order valence-corrected chi connectivity index (χ3v) is 2.25. The van der Waals surface area contributed by atoms with Crippen molar-refractivity contribution in [3.8, 4) is 0 Å². The molecule has 0 saturated heterocycles. The summed E-state index contributed by atoms with van der Waals surface area (Å²) in [5.41, 5.74) is 0. The fourth-order valence-electron chi connectivity index (χ4n) is 0.498. The summed E-state index contributed by atoms with van der Waals surface area (Å²) in [5.74, 6) is 0. The Bertz CT molecular complexity index is 55.0. The first-order chi connectivity index (χ1) is 2.77. The van der Waals surface area contributed by atoms with E-state index in [-0.39, 0.29) is 0 Å². The van der Waals surface area contributed by atoms with Gasteiger partial charge in [-0.05, 0) is 19.3 Å². The van der Waals surface area contributed by atoms with E-state index >= 15 is 0 Å². The fraction of sp³-hybridized carbons (Fsp3) is 1.00. The lowest BCUT2D eigenvalue weighted by molar-refractivity contribution is 0.860. The number of rotatable bonds is 1. The van der Waals surface area contributed by atoms with Gasteiger partial charge in [-0.15, -0.1) is 0 Å². The molecule has 36 valence electrons. The van der Waals surface area contributed by atoms with Gasteiger partial charge in [-0.2, -0.15) is 12.6 Å². The van der Waals surface area contributed by atoms with Gasteiger partial charge in [0, 0.05) is 4.75 Å². The summed E-state index contributed by atoms with van der Waals surface area (Å²) >= 11 is 4.37. The van der Waals surface area contributed by atoms with Crippen LogP contribution in [0.15, 0.2) is 0 Å². The molecule has 1 aliphatic rings. The minimum Gasteiger partial charge on any atom is -0.173 e. The molecule has 0 nitrogen and oxygen atoms in total. The van der Waals surface area contributed by atoms with Crippen LogP contribution in [0.3, 0.4) is 0 Å². The predicted octanol–water partition coefficient (Wildman–Crippen LogP) is 1.86. The van der Waals surface area contributed by atoms with Crippen molar-refractivity contribution in [2.75, 3.05) is 0 Å². The molecule has 1 rings (SSSR count). The van der Waals surface area contributed by atoms with Gasteiger partial charge in [-0.1, -0.05) is 6.92 Å². The van der Waals surface area contributed by atoms with E-state index in [0.717, 1.165) is 0 Å². The molecule has 1 fully saturated rings. The van der Waals surface area contributed by atoms with Crippen LogP contribution < -0.4 is 0 Å². The van der Waals surface area contributed by atoms with E-state index < -0.39 is 0 Å². The molecule has 0 heterocycles. The third kappa shape index (κ3) is 0.700. The lowest BCUT2D eigenvalue weighted by Gasteiger charge is -1.95. The highest BCUT2D eigenvalue weighted by molar-refractivity contribution is 7.82. The molecule has 0 spiro atoms. The van der Waals surface area contributed by atoms with E-state index in [0.29, 0.717) is 4.75 Å². The first-order valence-corrected chi connectivity index (χ1v) is 2.94. The lowest BCUT2D eigenvalue weighted by atomic mass is 10.3. The molecule has 1 aliphatic carbocycles. The molecule has 0 amide bonds. The predicted molar refractivity (Wildman–Crippen MR) is 31.2 cm³/mol. The molecule has 0 bridgehead atoms. The zero-order valence-electron chi connectivity index (χ0n) is 4.07. The molecule has 0 radical (unpaired) electrons. The second kappa shape index (κ2) is 1.16. The number of hydrogen-bond donors (Lipinski definition) is 1. The van der Waals surface area contributed by atoms with E-state index in [4.69, 9.17) is 0 Å². The minimum absolute atomic E-state index is 0.486. The van der Waals surface area contributed by atoms with Gasteiger partial charge < -0.3 is 0 Å². The fourth-order valence-corrected chi connectivity index (χ4v) is 0.610. The summed E-state index contributed by atoms with van der Waals surface area (Å²) in [6.45, 7) is 2.19. The van der Waals surface area contributed by atoms with Crippen LogP contribution in [0.1, 0.15) is 26.2 Å².